The van der Waals surface area contributed by atoms with Crippen LogP contribution in [0.15, 0.2) is 0 Å². The van der Waals surface area contributed by atoms with Crippen LogP contribution in [0.25, 0.3) is 0 Å². The summed E-state index contributed by atoms with van der Waals surface area (Å²) in [5, 5.41) is 23.9. The average molecular weight is 403 g/mol. The molecule has 28 heavy (non-hydrogen) atoms. The van der Waals surface area contributed by atoms with Crippen LogP contribution < -0.4 is 27.4 Å². The van der Waals surface area contributed by atoms with Crippen molar-refractivity contribution in [1.82, 2.24) is 16.0 Å². The second kappa shape index (κ2) is 12.2. The van der Waals surface area contributed by atoms with E-state index in [9.17, 15) is 28.8 Å². The molecule has 13 heteroatoms. The first-order valence-corrected chi connectivity index (χ1v) is 8.30. The molecule has 0 radical (unpaired) electrons. The van der Waals surface area contributed by atoms with Gasteiger partial charge in [0, 0.05) is 12.8 Å². The quantitative estimate of drug-likeness (QED) is 0.162. The van der Waals surface area contributed by atoms with Gasteiger partial charge in [-0.3, -0.25) is 28.8 Å². The number of carbonyl (C=O) groups is 6. The Hall–Kier alpha value is -3.22. The highest BCUT2D eigenvalue weighted by molar-refractivity contribution is 5.93. The Bertz CT molecular complexity index is 624. The SMILES string of the molecule is CC(NC(=O)C(CCC(=O)O)NC(=O)C(N)CCC(N)=O)C(=O)NCC(=O)O. The largest absolute Gasteiger partial charge is 0.481 e. The Morgan fingerprint density at radius 2 is 1.46 bits per heavy atom. The molecule has 9 N–H and O–H groups in total. The lowest BCUT2D eigenvalue weighted by atomic mass is 10.1. The Kier molecular flexibility index (Phi) is 10.8. The van der Waals surface area contributed by atoms with Crippen LogP contribution in [-0.2, 0) is 28.8 Å². The van der Waals surface area contributed by atoms with Crippen LogP contribution in [0, 0.1) is 0 Å². The molecule has 13 nitrogen and oxygen atoms in total. The second-order valence-corrected chi connectivity index (χ2v) is 5.95. The number of carbonyl (C=O) groups excluding carboxylic acids is 4. The molecule has 0 aromatic heterocycles. The Balaban J connectivity index is 4.92. The zero-order chi connectivity index (χ0) is 21.9. The molecular formula is C15H25N5O8. The normalized spacial score (nSPS) is 13.5. The number of hydrogen-bond acceptors (Lipinski definition) is 7. The predicted octanol–water partition coefficient (Wildman–Crippen LogP) is -3.37. The van der Waals surface area contributed by atoms with Gasteiger partial charge in [0.25, 0.3) is 0 Å². The Morgan fingerprint density at radius 1 is 0.857 bits per heavy atom. The summed E-state index contributed by atoms with van der Waals surface area (Å²) in [6, 6.07) is -3.60. The van der Waals surface area contributed by atoms with E-state index in [1.807, 2.05) is 0 Å². The van der Waals surface area contributed by atoms with Gasteiger partial charge in [-0.15, -0.1) is 0 Å². The minimum Gasteiger partial charge on any atom is -0.481 e. The van der Waals surface area contributed by atoms with Crippen LogP contribution in [0.3, 0.4) is 0 Å². The zero-order valence-electron chi connectivity index (χ0n) is 15.3. The number of hydrogen-bond donors (Lipinski definition) is 7. The molecule has 0 aliphatic rings. The summed E-state index contributed by atoms with van der Waals surface area (Å²) >= 11 is 0. The standard InChI is InChI=1S/C15H25N5O8/c1-7(13(26)18-6-12(24)25)19-15(28)9(3-5-11(22)23)20-14(27)8(16)2-4-10(17)21/h7-9H,2-6,16H2,1H3,(H2,17,21)(H,18,26)(H,19,28)(H,20,27)(H,22,23)(H,24,25). The molecule has 3 atom stereocenters. The fourth-order valence-electron chi connectivity index (χ4n) is 1.94. The lowest BCUT2D eigenvalue weighted by Gasteiger charge is -2.22. The first kappa shape index (κ1) is 24.8. The number of nitrogens with one attached hydrogen (secondary N) is 3. The summed E-state index contributed by atoms with van der Waals surface area (Å²) in [6.45, 7) is 0.636. The molecule has 0 bridgehead atoms. The van der Waals surface area contributed by atoms with Crippen molar-refractivity contribution in [2.24, 2.45) is 11.5 Å². The van der Waals surface area contributed by atoms with Gasteiger partial charge in [0.2, 0.25) is 23.6 Å². The highest BCUT2D eigenvalue weighted by Crippen LogP contribution is 2.02. The van der Waals surface area contributed by atoms with E-state index in [-0.39, 0.29) is 19.3 Å². The van der Waals surface area contributed by atoms with Crippen molar-refractivity contribution in [2.45, 2.75) is 50.7 Å². The van der Waals surface area contributed by atoms with E-state index in [1.54, 1.807) is 0 Å². The van der Waals surface area contributed by atoms with Crippen LogP contribution in [0.5, 0.6) is 0 Å². The van der Waals surface area contributed by atoms with Crippen molar-refractivity contribution < 1.29 is 39.0 Å². The third-order valence-electron chi connectivity index (χ3n) is 3.48. The van der Waals surface area contributed by atoms with Crippen LogP contribution in [-0.4, -0.2) is 70.5 Å². The molecule has 3 unspecified atom stereocenters. The molecule has 0 aliphatic carbocycles. The number of nitrogens with two attached hydrogens (primary N) is 2. The van der Waals surface area contributed by atoms with Crippen LogP contribution in [0.1, 0.15) is 32.6 Å². The highest BCUT2D eigenvalue weighted by Gasteiger charge is 2.27. The van der Waals surface area contributed by atoms with Crippen molar-refractivity contribution in [1.29, 1.82) is 0 Å². The van der Waals surface area contributed by atoms with Gasteiger partial charge in [0.05, 0.1) is 6.04 Å². The number of carboxylic acids is 2. The zero-order valence-corrected chi connectivity index (χ0v) is 15.3. The van der Waals surface area contributed by atoms with Crippen molar-refractivity contribution in [3.05, 3.63) is 0 Å². The fraction of sp³-hybridized carbons (Fsp3) is 0.600. The lowest BCUT2D eigenvalue weighted by molar-refractivity contribution is -0.138. The molecule has 0 fully saturated rings. The number of rotatable bonds is 13. The van der Waals surface area contributed by atoms with Crippen molar-refractivity contribution in [3.63, 3.8) is 0 Å². The Morgan fingerprint density at radius 3 is 1.96 bits per heavy atom. The van der Waals surface area contributed by atoms with Gasteiger partial charge >= 0.3 is 11.9 Å². The summed E-state index contributed by atoms with van der Waals surface area (Å²) in [4.78, 5) is 68.0. The Labute approximate surface area is 160 Å². The summed E-state index contributed by atoms with van der Waals surface area (Å²) < 4.78 is 0. The maximum atomic E-state index is 12.3. The van der Waals surface area contributed by atoms with Gasteiger partial charge in [-0.25, -0.2) is 0 Å². The highest BCUT2D eigenvalue weighted by atomic mass is 16.4. The third-order valence-corrected chi connectivity index (χ3v) is 3.48. The summed E-state index contributed by atoms with van der Waals surface area (Å²) in [5.74, 6) is -5.58. The number of carboxylic acid groups (broad SMARTS) is 2. The maximum Gasteiger partial charge on any atom is 0.322 e. The number of amides is 4. The molecule has 4 amide bonds. The molecule has 0 heterocycles. The van der Waals surface area contributed by atoms with Gasteiger partial charge in [-0.1, -0.05) is 0 Å². The van der Waals surface area contributed by atoms with E-state index in [0.717, 1.165) is 0 Å². The molecule has 0 aliphatic heterocycles. The maximum absolute atomic E-state index is 12.3. The second-order valence-electron chi connectivity index (χ2n) is 5.95. The molecule has 0 rings (SSSR count). The van der Waals surface area contributed by atoms with Gasteiger partial charge < -0.3 is 37.6 Å². The number of aliphatic carboxylic acids is 2. The molecule has 0 aromatic carbocycles. The topological polar surface area (TPSA) is 231 Å². The van der Waals surface area contributed by atoms with Crippen LogP contribution >= 0.6 is 0 Å². The molecule has 0 aromatic rings. The minimum atomic E-state index is -1.31. The van der Waals surface area contributed by atoms with Gasteiger partial charge in [-0.2, -0.15) is 0 Å². The van der Waals surface area contributed by atoms with E-state index >= 15 is 0 Å². The average Bonchev–Trinajstić information content (AvgIpc) is 2.60. The fourth-order valence-corrected chi connectivity index (χ4v) is 1.94. The van der Waals surface area contributed by atoms with Crippen molar-refractivity contribution in [3.8, 4) is 0 Å². The molecule has 0 spiro atoms. The van der Waals surface area contributed by atoms with E-state index in [0.29, 0.717) is 0 Å². The molecular weight excluding hydrogens is 378 g/mol. The van der Waals surface area contributed by atoms with Gasteiger partial charge in [0.1, 0.15) is 18.6 Å². The third kappa shape index (κ3) is 10.7. The van der Waals surface area contributed by atoms with E-state index in [1.165, 1.54) is 6.92 Å². The van der Waals surface area contributed by atoms with E-state index in [4.69, 9.17) is 21.7 Å². The minimum absolute atomic E-state index is 0.0670. The first-order chi connectivity index (χ1) is 12.9. The smallest absolute Gasteiger partial charge is 0.322 e. The van der Waals surface area contributed by atoms with Crippen molar-refractivity contribution >= 4 is 35.6 Å². The molecule has 0 saturated heterocycles. The summed E-state index contributed by atoms with van der Waals surface area (Å²) in [6.07, 6.45) is -0.947. The first-order valence-electron chi connectivity index (χ1n) is 8.30. The van der Waals surface area contributed by atoms with Gasteiger partial charge in [-0.05, 0) is 19.8 Å². The van der Waals surface area contributed by atoms with Crippen LogP contribution in [0.2, 0.25) is 0 Å². The molecule has 158 valence electrons. The summed E-state index contributed by atoms with van der Waals surface area (Å²) in [5.41, 5.74) is 10.6. The van der Waals surface area contributed by atoms with E-state index < -0.39 is 66.7 Å². The van der Waals surface area contributed by atoms with Crippen molar-refractivity contribution in [2.75, 3.05) is 6.54 Å². The monoisotopic (exact) mass is 403 g/mol. The molecule has 0 saturated carbocycles. The number of primary amides is 1. The lowest BCUT2D eigenvalue weighted by Crippen LogP contribution is -2.55. The summed E-state index contributed by atoms with van der Waals surface area (Å²) in [7, 11) is 0. The predicted molar refractivity (Wildman–Crippen MR) is 93.5 cm³/mol. The van der Waals surface area contributed by atoms with Gasteiger partial charge in [0.15, 0.2) is 0 Å². The van der Waals surface area contributed by atoms with Crippen LogP contribution in [0.4, 0.5) is 0 Å². The van der Waals surface area contributed by atoms with E-state index in [2.05, 4.69) is 16.0 Å².